The highest BCUT2D eigenvalue weighted by atomic mass is 79.9. The quantitative estimate of drug-likeness (QED) is 0.869. The van der Waals surface area contributed by atoms with Gasteiger partial charge in [-0.2, -0.15) is 18.3 Å². The van der Waals surface area contributed by atoms with Crippen LogP contribution in [0.25, 0.3) is 0 Å². The molecule has 0 bridgehead atoms. The molecule has 0 spiro atoms. The molecule has 2 rings (SSSR count). The summed E-state index contributed by atoms with van der Waals surface area (Å²) in [5.41, 5.74) is -0.540. The summed E-state index contributed by atoms with van der Waals surface area (Å²) >= 11 is 2.98. The molecule has 0 aliphatic heterocycles. The zero-order valence-corrected chi connectivity index (χ0v) is 11.8. The van der Waals surface area contributed by atoms with Crippen LogP contribution in [0.2, 0.25) is 0 Å². The van der Waals surface area contributed by atoms with E-state index in [9.17, 15) is 18.0 Å². The van der Waals surface area contributed by atoms with Gasteiger partial charge in [0, 0.05) is 10.2 Å². The number of carbonyl (C=O) groups is 1. The highest BCUT2D eigenvalue weighted by Gasteiger charge is 2.34. The second-order valence-corrected chi connectivity index (χ2v) is 4.97. The summed E-state index contributed by atoms with van der Waals surface area (Å²) in [6.45, 7) is 1.61. The first kappa shape index (κ1) is 14.6. The first-order valence-electron chi connectivity index (χ1n) is 5.47. The smallest absolute Gasteiger partial charge is 0.321 e. The minimum Gasteiger partial charge on any atom is -0.321 e. The number of rotatable bonds is 2. The van der Waals surface area contributed by atoms with E-state index in [1.54, 1.807) is 6.92 Å². The lowest BCUT2D eigenvalue weighted by atomic mass is 10.1. The molecule has 1 amide bonds. The number of nitrogens with zero attached hydrogens (tertiary/aromatic N) is 1. The van der Waals surface area contributed by atoms with Gasteiger partial charge in [-0.1, -0.05) is 15.9 Å². The number of amides is 1. The van der Waals surface area contributed by atoms with E-state index in [0.717, 1.165) is 6.07 Å². The molecule has 1 aromatic carbocycles. The van der Waals surface area contributed by atoms with Crippen molar-refractivity contribution in [3.63, 3.8) is 0 Å². The fourth-order valence-corrected chi connectivity index (χ4v) is 1.99. The fourth-order valence-electron chi connectivity index (χ4n) is 1.63. The minimum atomic E-state index is -4.56. The number of alkyl halides is 3. The third-order valence-corrected chi connectivity index (χ3v) is 3.10. The molecule has 0 atom stereocenters. The van der Waals surface area contributed by atoms with Crippen LogP contribution in [0, 0.1) is 6.92 Å². The van der Waals surface area contributed by atoms with Crippen LogP contribution in [0.3, 0.4) is 0 Å². The van der Waals surface area contributed by atoms with Gasteiger partial charge in [-0.3, -0.25) is 9.89 Å². The van der Waals surface area contributed by atoms with Crippen LogP contribution in [0.5, 0.6) is 0 Å². The van der Waals surface area contributed by atoms with Gasteiger partial charge in [-0.15, -0.1) is 0 Å². The Labute approximate surface area is 120 Å². The lowest BCUT2D eigenvalue weighted by molar-refractivity contribution is -0.136. The molecule has 0 saturated carbocycles. The van der Waals surface area contributed by atoms with E-state index in [0.29, 0.717) is 5.69 Å². The topological polar surface area (TPSA) is 57.8 Å². The highest BCUT2D eigenvalue weighted by molar-refractivity contribution is 9.10. The Bertz CT molecular complexity index is 652. The van der Waals surface area contributed by atoms with Crippen molar-refractivity contribution in [1.29, 1.82) is 0 Å². The largest absolute Gasteiger partial charge is 0.418 e. The molecule has 0 fully saturated rings. The summed E-state index contributed by atoms with van der Waals surface area (Å²) in [5, 5.41) is 8.45. The zero-order valence-electron chi connectivity index (χ0n) is 10.2. The van der Waals surface area contributed by atoms with Crippen LogP contribution < -0.4 is 5.32 Å². The Morgan fingerprint density at radius 3 is 2.65 bits per heavy atom. The number of hydrogen-bond donors (Lipinski definition) is 2. The Balaban J connectivity index is 2.35. The number of aromatic nitrogens is 2. The summed E-state index contributed by atoms with van der Waals surface area (Å²) in [7, 11) is 0. The molecular weight excluding hydrogens is 339 g/mol. The molecule has 0 unspecified atom stereocenters. The van der Waals surface area contributed by atoms with Gasteiger partial charge in [0.05, 0.1) is 23.0 Å². The molecular formula is C12H9BrF3N3O. The van der Waals surface area contributed by atoms with Gasteiger partial charge in [0.15, 0.2) is 0 Å². The molecule has 0 aliphatic rings. The molecule has 1 aromatic heterocycles. The summed E-state index contributed by atoms with van der Waals surface area (Å²) in [5.74, 6) is -0.649. The molecule has 4 nitrogen and oxygen atoms in total. The number of anilines is 1. The zero-order chi connectivity index (χ0) is 14.9. The summed E-state index contributed by atoms with van der Waals surface area (Å²) in [4.78, 5) is 11.9. The summed E-state index contributed by atoms with van der Waals surface area (Å²) in [6, 6.07) is 3.53. The van der Waals surface area contributed by atoms with Crippen molar-refractivity contribution in [1.82, 2.24) is 10.2 Å². The lowest BCUT2D eigenvalue weighted by Crippen LogP contribution is -2.17. The average Bonchev–Trinajstić information content (AvgIpc) is 2.76. The average molecular weight is 348 g/mol. The Morgan fingerprint density at radius 2 is 2.10 bits per heavy atom. The first-order valence-corrected chi connectivity index (χ1v) is 6.26. The Kier molecular flexibility index (Phi) is 3.85. The number of H-pyrrole nitrogens is 1. The van der Waals surface area contributed by atoms with Gasteiger partial charge >= 0.3 is 6.18 Å². The maximum Gasteiger partial charge on any atom is 0.418 e. The van der Waals surface area contributed by atoms with Crippen molar-refractivity contribution in [3.8, 4) is 0 Å². The Morgan fingerprint density at radius 1 is 1.40 bits per heavy atom. The van der Waals surface area contributed by atoms with E-state index < -0.39 is 17.6 Å². The third-order valence-electron chi connectivity index (χ3n) is 2.61. The van der Waals surface area contributed by atoms with Crippen LogP contribution in [0.1, 0.15) is 21.6 Å². The van der Waals surface area contributed by atoms with Crippen molar-refractivity contribution in [2.75, 3.05) is 5.32 Å². The molecule has 106 valence electrons. The highest BCUT2D eigenvalue weighted by Crippen LogP contribution is 2.36. The molecule has 0 aliphatic carbocycles. The van der Waals surface area contributed by atoms with Gasteiger partial charge in [-0.05, 0) is 25.1 Å². The van der Waals surface area contributed by atoms with Crippen molar-refractivity contribution < 1.29 is 18.0 Å². The van der Waals surface area contributed by atoms with Crippen LogP contribution in [0.4, 0.5) is 18.9 Å². The van der Waals surface area contributed by atoms with Crippen molar-refractivity contribution in [2.24, 2.45) is 0 Å². The van der Waals surface area contributed by atoms with Crippen molar-refractivity contribution in [2.45, 2.75) is 13.1 Å². The number of benzene rings is 1. The lowest BCUT2D eigenvalue weighted by Gasteiger charge is -2.14. The number of halogens is 4. The number of nitrogens with one attached hydrogen (secondary N) is 2. The number of carbonyl (C=O) groups excluding carboxylic acids is 1. The molecule has 20 heavy (non-hydrogen) atoms. The van der Waals surface area contributed by atoms with Gasteiger partial charge in [-0.25, -0.2) is 0 Å². The van der Waals surface area contributed by atoms with Crippen molar-refractivity contribution >= 4 is 27.5 Å². The van der Waals surface area contributed by atoms with Gasteiger partial charge in [0.2, 0.25) is 0 Å². The third kappa shape index (κ3) is 3.01. The SMILES string of the molecule is Cc1[nH]ncc1C(=O)Nc1ccc(Br)cc1C(F)(F)F. The van der Waals surface area contributed by atoms with Crippen LogP contribution in [-0.4, -0.2) is 16.1 Å². The summed E-state index contributed by atoms with van der Waals surface area (Å²) < 4.78 is 39.0. The molecule has 0 radical (unpaired) electrons. The second kappa shape index (κ2) is 5.28. The predicted molar refractivity (Wildman–Crippen MR) is 70.4 cm³/mol. The van der Waals surface area contributed by atoms with Crippen LogP contribution in [-0.2, 0) is 6.18 Å². The number of aryl methyl sites for hydroxylation is 1. The van der Waals surface area contributed by atoms with Gasteiger partial charge in [0.25, 0.3) is 5.91 Å². The number of hydrogen-bond acceptors (Lipinski definition) is 2. The van der Waals surface area contributed by atoms with E-state index in [-0.39, 0.29) is 15.7 Å². The molecule has 8 heteroatoms. The molecule has 2 aromatic rings. The van der Waals surface area contributed by atoms with Crippen molar-refractivity contribution in [3.05, 3.63) is 45.7 Å². The van der Waals surface area contributed by atoms with E-state index in [2.05, 4.69) is 31.4 Å². The van der Waals surface area contributed by atoms with E-state index in [4.69, 9.17) is 0 Å². The maximum absolute atomic E-state index is 12.9. The normalized spacial score (nSPS) is 11.4. The summed E-state index contributed by atoms with van der Waals surface area (Å²) in [6.07, 6.45) is -3.30. The first-order chi connectivity index (χ1) is 9.29. The molecule has 0 saturated heterocycles. The number of aromatic amines is 1. The fraction of sp³-hybridized carbons (Fsp3) is 0.167. The minimum absolute atomic E-state index is 0.195. The standard InChI is InChI=1S/C12H9BrF3N3O/c1-6-8(5-17-19-6)11(20)18-10-3-2-7(13)4-9(10)12(14,15)16/h2-5H,1H3,(H,17,19)(H,18,20). The van der Waals surface area contributed by atoms with E-state index >= 15 is 0 Å². The Hall–Kier alpha value is -1.83. The molecule has 1 heterocycles. The van der Waals surface area contributed by atoms with E-state index in [1.807, 2.05) is 0 Å². The van der Waals surface area contributed by atoms with Gasteiger partial charge < -0.3 is 5.32 Å². The predicted octanol–water partition coefficient (Wildman–Crippen LogP) is 3.75. The van der Waals surface area contributed by atoms with Crippen LogP contribution in [0.15, 0.2) is 28.9 Å². The van der Waals surface area contributed by atoms with Crippen LogP contribution >= 0.6 is 15.9 Å². The van der Waals surface area contributed by atoms with E-state index in [1.165, 1.54) is 18.3 Å². The second-order valence-electron chi connectivity index (χ2n) is 4.05. The molecule has 2 N–H and O–H groups in total. The monoisotopic (exact) mass is 347 g/mol. The maximum atomic E-state index is 12.9. The van der Waals surface area contributed by atoms with Gasteiger partial charge in [0.1, 0.15) is 0 Å².